The molecule has 0 saturated heterocycles. The van der Waals surface area contributed by atoms with E-state index >= 15 is 0 Å². The number of methoxy groups -OCH3 is 1. The van der Waals surface area contributed by atoms with E-state index in [0.717, 1.165) is 41.1 Å². The molecule has 2 amide bonds. The Kier molecular flexibility index (Phi) is 7.20. The minimum atomic E-state index is -0.133. The fourth-order valence-corrected chi connectivity index (χ4v) is 6.13. The highest BCUT2D eigenvalue weighted by atomic mass is 32.1. The molecule has 0 aromatic carbocycles. The second-order valence-corrected chi connectivity index (χ2v) is 10.1. The van der Waals surface area contributed by atoms with E-state index in [4.69, 9.17) is 9.84 Å². The van der Waals surface area contributed by atoms with Gasteiger partial charge in [0.15, 0.2) is 0 Å². The molecule has 1 fully saturated rings. The second-order valence-electron chi connectivity index (χ2n) is 8.18. The predicted octanol–water partition coefficient (Wildman–Crippen LogP) is 4.46. The average molecular weight is 460 g/mol. The van der Waals surface area contributed by atoms with Crippen molar-refractivity contribution in [3.05, 3.63) is 44.3 Å². The van der Waals surface area contributed by atoms with Crippen molar-refractivity contribution in [3.63, 3.8) is 0 Å². The van der Waals surface area contributed by atoms with Crippen molar-refractivity contribution < 1.29 is 14.3 Å². The van der Waals surface area contributed by atoms with Crippen LogP contribution in [0.3, 0.4) is 0 Å². The van der Waals surface area contributed by atoms with Gasteiger partial charge >= 0.3 is 0 Å². The fourth-order valence-electron chi connectivity index (χ4n) is 4.40. The monoisotopic (exact) mass is 459 g/mol. The normalized spacial score (nSPS) is 19.1. The van der Waals surface area contributed by atoms with Crippen LogP contribution in [-0.2, 0) is 14.3 Å². The molecule has 3 heterocycles. The summed E-state index contributed by atoms with van der Waals surface area (Å²) in [5.41, 5.74) is 2.11. The molecule has 1 aliphatic heterocycles. The zero-order chi connectivity index (χ0) is 21.8. The molecule has 2 aromatic heterocycles. The van der Waals surface area contributed by atoms with Gasteiger partial charge in [0.1, 0.15) is 6.54 Å². The van der Waals surface area contributed by atoms with Crippen molar-refractivity contribution in [1.82, 2.24) is 9.91 Å². The maximum absolute atomic E-state index is 13.5. The molecular formula is C23H29N3O3S2. The maximum atomic E-state index is 13.5. The molecular weight excluding hydrogens is 430 g/mol. The summed E-state index contributed by atoms with van der Waals surface area (Å²) < 4.78 is 5.21. The highest BCUT2D eigenvalue weighted by molar-refractivity contribution is 7.12. The minimum Gasteiger partial charge on any atom is -0.383 e. The van der Waals surface area contributed by atoms with E-state index in [1.165, 1.54) is 5.56 Å². The number of amides is 2. The maximum Gasteiger partial charge on any atom is 0.262 e. The summed E-state index contributed by atoms with van der Waals surface area (Å²) in [6, 6.07) is 6.02. The second kappa shape index (κ2) is 10.1. The summed E-state index contributed by atoms with van der Waals surface area (Å²) in [4.78, 5) is 30.5. The smallest absolute Gasteiger partial charge is 0.262 e. The molecule has 1 atom stereocenters. The van der Waals surface area contributed by atoms with E-state index in [1.54, 1.807) is 39.7 Å². The lowest BCUT2D eigenvalue weighted by Crippen LogP contribution is -2.44. The first-order chi connectivity index (χ1) is 15.1. The summed E-state index contributed by atoms with van der Waals surface area (Å²) in [7, 11) is 1.62. The first-order valence-corrected chi connectivity index (χ1v) is 12.6. The largest absolute Gasteiger partial charge is 0.383 e. The van der Waals surface area contributed by atoms with Crippen molar-refractivity contribution in [3.8, 4) is 0 Å². The Labute approximate surface area is 191 Å². The van der Waals surface area contributed by atoms with E-state index in [9.17, 15) is 9.59 Å². The van der Waals surface area contributed by atoms with E-state index in [1.807, 2.05) is 17.5 Å². The highest BCUT2D eigenvalue weighted by Crippen LogP contribution is 2.38. The molecule has 0 bridgehead atoms. The van der Waals surface area contributed by atoms with Gasteiger partial charge in [-0.05, 0) is 48.2 Å². The van der Waals surface area contributed by atoms with Gasteiger partial charge in [0, 0.05) is 30.9 Å². The third-order valence-electron chi connectivity index (χ3n) is 6.08. The standard InChI is InChI=1S/C23H29N3O3S2/c1-16-9-13-31-22(16)19-14-18(20-8-5-12-30-20)24-26(19)21(27)15-25(10-11-29-2)23(28)17-6-3-4-7-17/h5,8-9,12-13,17,19H,3-4,6-7,10-11,14-15H2,1-2H3/t19-/m1/s1. The number of hydrazone groups is 1. The van der Waals surface area contributed by atoms with Gasteiger partial charge in [0.25, 0.3) is 5.91 Å². The topological polar surface area (TPSA) is 62.2 Å². The van der Waals surface area contributed by atoms with Gasteiger partial charge in [-0.1, -0.05) is 18.9 Å². The molecule has 2 aliphatic rings. The molecule has 0 radical (unpaired) electrons. The van der Waals surface area contributed by atoms with E-state index < -0.39 is 0 Å². The number of nitrogens with zero attached hydrogens (tertiary/aromatic N) is 3. The number of carbonyl (C=O) groups is 2. The highest BCUT2D eigenvalue weighted by Gasteiger charge is 2.37. The lowest BCUT2D eigenvalue weighted by atomic mass is 10.1. The lowest BCUT2D eigenvalue weighted by molar-refractivity contribution is -0.144. The van der Waals surface area contributed by atoms with Gasteiger partial charge < -0.3 is 9.64 Å². The van der Waals surface area contributed by atoms with Crippen LogP contribution >= 0.6 is 22.7 Å². The lowest BCUT2D eigenvalue weighted by Gasteiger charge is -2.28. The van der Waals surface area contributed by atoms with Crippen LogP contribution in [-0.4, -0.2) is 54.2 Å². The van der Waals surface area contributed by atoms with Gasteiger partial charge in [-0.15, -0.1) is 22.7 Å². The van der Waals surface area contributed by atoms with Gasteiger partial charge in [0.05, 0.1) is 23.2 Å². The number of aryl methyl sites for hydroxylation is 1. The molecule has 1 saturated carbocycles. The molecule has 31 heavy (non-hydrogen) atoms. The van der Waals surface area contributed by atoms with E-state index in [-0.39, 0.29) is 30.3 Å². The minimum absolute atomic E-state index is 0.0313. The van der Waals surface area contributed by atoms with Crippen LogP contribution < -0.4 is 0 Å². The van der Waals surface area contributed by atoms with Crippen molar-refractivity contribution in [2.75, 3.05) is 26.8 Å². The number of hydrogen-bond donors (Lipinski definition) is 0. The van der Waals surface area contributed by atoms with Crippen molar-refractivity contribution in [2.24, 2.45) is 11.0 Å². The third-order valence-corrected chi connectivity index (χ3v) is 8.12. The van der Waals surface area contributed by atoms with Gasteiger partial charge in [0.2, 0.25) is 5.91 Å². The number of rotatable bonds is 8. The van der Waals surface area contributed by atoms with Crippen LogP contribution in [0.1, 0.15) is 53.5 Å². The number of thiophene rings is 2. The molecule has 0 N–H and O–H groups in total. The Morgan fingerprint density at radius 3 is 2.68 bits per heavy atom. The number of ether oxygens (including phenoxy) is 1. The van der Waals surface area contributed by atoms with E-state index in [0.29, 0.717) is 19.6 Å². The molecule has 8 heteroatoms. The Hall–Kier alpha value is -2.03. The van der Waals surface area contributed by atoms with Gasteiger partial charge in [-0.2, -0.15) is 5.10 Å². The first kappa shape index (κ1) is 22.2. The summed E-state index contributed by atoms with van der Waals surface area (Å²) in [6.45, 7) is 2.96. The van der Waals surface area contributed by atoms with Crippen LogP contribution in [0.2, 0.25) is 0 Å². The van der Waals surface area contributed by atoms with Crippen molar-refractivity contribution in [2.45, 2.75) is 45.1 Å². The Balaban J connectivity index is 1.56. The van der Waals surface area contributed by atoms with Crippen LogP contribution in [0.25, 0.3) is 0 Å². The van der Waals surface area contributed by atoms with Crippen LogP contribution in [0.15, 0.2) is 34.1 Å². The molecule has 6 nitrogen and oxygen atoms in total. The fraction of sp³-hybridized carbons (Fsp3) is 0.522. The molecule has 4 rings (SSSR count). The molecule has 0 spiro atoms. The SMILES string of the molecule is COCCN(CC(=O)N1N=C(c2cccs2)C[C@@H]1c1sccc1C)C(=O)C1CCCC1. The zero-order valence-electron chi connectivity index (χ0n) is 18.1. The summed E-state index contributed by atoms with van der Waals surface area (Å²) in [6.07, 6.45) is 4.70. The quantitative estimate of drug-likeness (QED) is 0.585. The molecule has 166 valence electrons. The van der Waals surface area contributed by atoms with Crippen molar-refractivity contribution >= 4 is 40.2 Å². The van der Waals surface area contributed by atoms with Crippen LogP contribution in [0.5, 0.6) is 0 Å². The molecule has 2 aromatic rings. The zero-order valence-corrected chi connectivity index (χ0v) is 19.7. The Morgan fingerprint density at radius 2 is 2.03 bits per heavy atom. The molecule has 0 unspecified atom stereocenters. The number of hydrogen-bond acceptors (Lipinski definition) is 6. The Morgan fingerprint density at radius 1 is 1.23 bits per heavy atom. The summed E-state index contributed by atoms with van der Waals surface area (Å²) in [5.74, 6) is -0.0241. The average Bonchev–Trinajstić information content (AvgIpc) is 3.55. The predicted molar refractivity (Wildman–Crippen MR) is 125 cm³/mol. The summed E-state index contributed by atoms with van der Waals surface area (Å²) >= 11 is 3.30. The first-order valence-electron chi connectivity index (χ1n) is 10.8. The van der Waals surface area contributed by atoms with Gasteiger partial charge in [-0.3, -0.25) is 9.59 Å². The Bertz CT molecular complexity index is 932. The third kappa shape index (κ3) is 4.91. The van der Waals surface area contributed by atoms with Crippen molar-refractivity contribution in [1.29, 1.82) is 0 Å². The molecule has 1 aliphatic carbocycles. The van der Waals surface area contributed by atoms with Gasteiger partial charge in [-0.25, -0.2) is 5.01 Å². The summed E-state index contributed by atoms with van der Waals surface area (Å²) in [5, 5.41) is 10.5. The van der Waals surface area contributed by atoms with E-state index in [2.05, 4.69) is 18.4 Å². The van der Waals surface area contributed by atoms with Crippen LogP contribution in [0.4, 0.5) is 0 Å². The number of carbonyl (C=O) groups excluding carboxylic acids is 2. The van der Waals surface area contributed by atoms with Crippen LogP contribution in [0, 0.1) is 12.8 Å².